The number of carbonyl (C=O) groups excluding carboxylic acids is 1. The molecule has 0 bridgehead atoms. The average Bonchev–Trinajstić information content (AvgIpc) is 3.03. The first-order chi connectivity index (χ1) is 22.9. The third kappa shape index (κ3) is 6.61. The van der Waals surface area contributed by atoms with Crippen molar-refractivity contribution in [2.24, 2.45) is 0 Å². The number of hydrogen-bond donors (Lipinski definition) is 3. The van der Waals surface area contributed by atoms with Crippen molar-refractivity contribution in [2.75, 3.05) is 21.2 Å². The molecule has 0 unspecified atom stereocenters. The molecular weight excluding hydrogens is 627 g/mol. The first-order valence-corrected chi connectivity index (χ1v) is 17.2. The summed E-state index contributed by atoms with van der Waals surface area (Å²) in [4.78, 5) is 25.1. The second-order valence-corrected chi connectivity index (χ2v) is 13.8. The van der Waals surface area contributed by atoms with Gasteiger partial charge in [-0.15, -0.1) is 0 Å². The lowest BCUT2D eigenvalue weighted by molar-refractivity contribution is -0.136. The van der Waals surface area contributed by atoms with Crippen molar-refractivity contribution in [3.8, 4) is 33.8 Å². The van der Waals surface area contributed by atoms with Crippen molar-refractivity contribution in [3.63, 3.8) is 0 Å². The van der Waals surface area contributed by atoms with Crippen LogP contribution in [0.5, 0.6) is 11.5 Å². The van der Waals surface area contributed by atoms with E-state index < -0.39 is 22.0 Å². The van der Waals surface area contributed by atoms with Gasteiger partial charge in [0.2, 0.25) is 10.0 Å². The van der Waals surface area contributed by atoms with Crippen LogP contribution in [0.3, 0.4) is 0 Å². The minimum atomic E-state index is -3.78. The number of carbonyl (C=O) groups is 2. The van der Waals surface area contributed by atoms with Crippen molar-refractivity contribution >= 4 is 39.1 Å². The monoisotopic (exact) mass is 661 g/mol. The van der Waals surface area contributed by atoms with Gasteiger partial charge < -0.3 is 20.5 Å². The lowest BCUT2D eigenvalue weighted by atomic mass is 9.81. The van der Waals surface area contributed by atoms with Crippen molar-refractivity contribution in [1.82, 2.24) is 0 Å². The number of para-hydroxylation sites is 1. The van der Waals surface area contributed by atoms with Crippen molar-refractivity contribution in [3.05, 3.63) is 125 Å². The predicted molar refractivity (Wildman–Crippen MR) is 189 cm³/mol. The van der Waals surface area contributed by atoms with Crippen molar-refractivity contribution < 1.29 is 27.9 Å². The Hall–Kier alpha value is -5.61. The second kappa shape index (κ2) is 12.9. The van der Waals surface area contributed by atoms with E-state index in [1.807, 2.05) is 74.5 Å². The summed E-state index contributed by atoms with van der Waals surface area (Å²) in [5.41, 5.74) is 8.38. The molecule has 2 amide bonds. The number of nitrogens with one attached hydrogen (secondary N) is 2. The molecule has 48 heavy (non-hydrogen) atoms. The number of anilines is 3. The summed E-state index contributed by atoms with van der Waals surface area (Å²) in [7, 11) is -3.78. The molecular formula is C38H35N3O6S. The summed E-state index contributed by atoms with van der Waals surface area (Å²) in [6, 6.07) is 29.2. The number of aliphatic carboxylic acids is 1. The largest absolute Gasteiger partial charge is 0.481 e. The molecule has 0 fully saturated rings. The summed E-state index contributed by atoms with van der Waals surface area (Å²) in [6.07, 6.45) is 0.888. The number of urea groups is 1. The first-order valence-electron chi connectivity index (χ1n) is 15.4. The van der Waals surface area contributed by atoms with Crippen molar-refractivity contribution in [1.29, 1.82) is 0 Å². The maximum Gasteiger partial charge on any atom is 0.323 e. The van der Waals surface area contributed by atoms with E-state index in [0.717, 1.165) is 39.6 Å². The molecule has 9 nitrogen and oxygen atoms in total. The number of nitrogens with zero attached hydrogens (tertiary/aromatic N) is 1. The Morgan fingerprint density at radius 3 is 2.12 bits per heavy atom. The lowest BCUT2D eigenvalue weighted by Crippen LogP contribution is -2.34. The highest BCUT2D eigenvalue weighted by Crippen LogP contribution is 2.50. The molecule has 10 heteroatoms. The van der Waals surface area contributed by atoms with E-state index in [0.29, 0.717) is 45.3 Å². The number of fused-ring (bicyclic) bond motifs is 3. The fourth-order valence-electron chi connectivity index (χ4n) is 6.29. The molecule has 1 aliphatic heterocycles. The normalized spacial score (nSPS) is 12.1. The maximum absolute atomic E-state index is 13.3. The third-order valence-corrected chi connectivity index (χ3v) is 9.54. The van der Waals surface area contributed by atoms with E-state index in [9.17, 15) is 23.1 Å². The van der Waals surface area contributed by atoms with E-state index >= 15 is 0 Å². The van der Waals surface area contributed by atoms with Crippen LogP contribution < -0.4 is 19.7 Å². The van der Waals surface area contributed by atoms with Gasteiger partial charge in [-0.3, -0.25) is 9.10 Å². The number of carboxylic acids is 1. The van der Waals surface area contributed by atoms with E-state index in [1.165, 1.54) is 4.31 Å². The third-order valence-electron chi connectivity index (χ3n) is 8.43. The molecule has 6 rings (SSSR count). The predicted octanol–water partition coefficient (Wildman–Crippen LogP) is 8.29. The minimum absolute atomic E-state index is 0.0217. The maximum atomic E-state index is 13.3. The highest BCUT2D eigenvalue weighted by molar-refractivity contribution is 7.92. The molecule has 3 N–H and O–H groups in total. The van der Waals surface area contributed by atoms with Crippen LogP contribution in [0.4, 0.5) is 21.9 Å². The number of benzene rings is 5. The standard InChI is InChI=1S/C38H35N3O6S/c1-23-13-15-26(16-14-23)35-25(3)36-32-18-17-29(19-27(32)22-41(48(4,45)46)37(36)24(2)33(35)21-34(42)43)40-38(44)39-28-9-8-12-31(20-28)47-30-10-6-5-7-11-30/h5-20H,21-22H2,1-4H3,(H,42,43)(H2,39,40,44). The number of rotatable bonds is 8. The van der Waals surface area contributed by atoms with E-state index in [2.05, 4.69) is 10.6 Å². The second-order valence-electron chi connectivity index (χ2n) is 11.9. The van der Waals surface area contributed by atoms with Crippen LogP contribution in [0, 0.1) is 20.8 Å². The van der Waals surface area contributed by atoms with Gasteiger partial charge in [0.25, 0.3) is 0 Å². The van der Waals surface area contributed by atoms with E-state index in [1.54, 1.807) is 43.3 Å². The summed E-state index contributed by atoms with van der Waals surface area (Å²) < 4.78 is 33.8. The zero-order chi connectivity index (χ0) is 34.2. The summed E-state index contributed by atoms with van der Waals surface area (Å²) in [5, 5.41) is 15.6. The summed E-state index contributed by atoms with van der Waals surface area (Å²) >= 11 is 0. The van der Waals surface area contributed by atoms with Gasteiger partial charge in [-0.2, -0.15) is 0 Å². The van der Waals surface area contributed by atoms with Gasteiger partial charge in [-0.1, -0.05) is 60.2 Å². The molecule has 5 aromatic carbocycles. The first kappa shape index (κ1) is 32.3. The molecule has 244 valence electrons. The van der Waals surface area contributed by atoms with Crippen LogP contribution in [-0.2, 0) is 27.8 Å². The van der Waals surface area contributed by atoms with Crippen LogP contribution >= 0.6 is 0 Å². The number of ether oxygens (including phenoxy) is 1. The van der Waals surface area contributed by atoms with Crippen LogP contribution in [-0.4, -0.2) is 31.8 Å². The molecule has 0 aromatic heterocycles. The van der Waals surface area contributed by atoms with E-state index in [4.69, 9.17) is 4.74 Å². The van der Waals surface area contributed by atoms with Gasteiger partial charge in [-0.25, -0.2) is 13.2 Å². The number of amides is 2. The average molecular weight is 662 g/mol. The zero-order valence-electron chi connectivity index (χ0n) is 27.0. The lowest BCUT2D eigenvalue weighted by Gasteiger charge is -2.36. The Kier molecular flexibility index (Phi) is 8.68. The fraction of sp³-hybridized carbons (Fsp3) is 0.158. The van der Waals surface area contributed by atoms with E-state index in [-0.39, 0.29) is 13.0 Å². The molecule has 1 aliphatic rings. The zero-order valence-corrected chi connectivity index (χ0v) is 27.8. The number of carboxylic acid groups (broad SMARTS) is 1. The van der Waals surface area contributed by atoms with Crippen molar-refractivity contribution in [2.45, 2.75) is 33.7 Å². The molecule has 0 atom stereocenters. The Balaban J connectivity index is 1.37. The molecule has 0 aliphatic carbocycles. The van der Waals surface area contributed by atoms with Crippen LogP contribution in [0.25, 0.3) is 22.3 Å². The Morgan fingerprint density at radius 1 is 0.792 bits per heavy atom. The smallest absolute Gasteiger partial charge is 0.323 e. The molecule has 5 aromatic rings. The molecule has 1 heterocycles. The van der Waals surface area contributed by atoms with Gasteiger partial charge in [0.1, 0.15) is 11.5 Å². The highest BCUT2D eigenvalue weighted by atomic mass is 32.2. The van der Waals surface area contributed by atoms with Crippen LogP contribution in [0.2, 0.25) is 0 Å². The van der Waals surface area contributed by atoms with Crippen LogP contribution in [0.15, 0.2) is 97.1 Å². The Labute approximate surface area is 279 Å². The van der Waals surface area contributed by atoms with Gasteiger partial charge in [0.05, 0.1) is 24.9 Å². The molecule has 0 spiro atoms. The van der Waals surface area contributed by atoms with Crippen LogP contribution in [0.1, 0.15) is 27.8 Å². The summed E-state index contributed by atoms with van der Waals surface area (Å²) in [5.74, 6) is 0.235. The summed E-state index contributed by atoms with van der Waals surface area (Å²) in [6.45, 7) is 5.70. The molecule has 0 radical (unpaired) electrons. The van der Waals surface area contributed by atoms with Gasteiger partial charge in [0, 0.05) is 23.0 Å². The molecule has 0 saturated carbocycles. The highest BCUT2D eigenvalue weighted by Gasteiger charge is 2.34. The number of hydrogen-bond acceptors (Lipinski definition) is 5. The van der Waals surface area contributed by atoms with Gasteiger partial charge in [0.15, 0.2) is 0 Å². The quantitative estimate of drug-likeness (QED) is 0.154. The van der Waals surface area contributed by atoms with Gasteiger partial charge >= 0.3 is 12.0 Å². The molecule has 0 saturated heterocycles. The van der Waals surface area contributed by atoms with Gasteiger partial charge in [-0.05, 0) is 96.1 Å². The Morgan fingerprint density at radius 2 is 1.46 bits per heavy atom. The Bertz CT molecular complexity index is 2160. The number of aryl methyl sites for hydroxylation is 1. The fourth-order valence-corrected chi connectivity index (χ4v) is 7.22. The minimum Gasteiger partial charge on any atom is -0.481 e. The topological polar surface area (TPSA) is 125 Å². The number of sulfonamides is 1. The SMILES string of the molecule is Cc1ccc(-c2c(C)c3c(c(C)c2CC(=O)O)N(S(C)(=O)=O)Cc2cc(NC(=O)Nc4cccc(Oc5ccccc5)c4)ccc2-3)cc1.